The highest BCUT2D eigenvalue weighted by Gasteiger charge is 2.22. The van der Waals surface area contributed by atoms with Crippen molar-refractivity contribution in [1.29, 1.82) is 0 Å². The number of carbonyl (C=O) groups is 1. The maximum absolute atomic E-state index is 12.7. The Hall–Kier alpha value is -2.15. The van der Waals surface area contributed by atoms with E-state index in [-0.39, 0.29) is 11.3 Å². The molecule has 1 aromatic carbocycles. The number of aromatic nitrogens is 5. The molecule has 23 heavy (non-hydrogen) atoms. The predicted octanol–water partition coefficient (Wildman–Crippen LogP) is 3.19. The van der Waals surface area contributed by atoms with Gasteiger partial charge in [0.2, 0.25) is 5.16 Å². The molecule has 0 aliphatic heterocycles. The second-order valence-corrected chi connectivity index (χ2v) is 7.37. The molecule has 0 atom stereocenters. The maximum Gasteiger partial charge on any atom is 0.210 e. The highest BCUT2D eigenvalue weighted by molar-refractivity contribution is 7.99. The monoisotopic (exact) mass is 329 g/mol. The zero-order chi connectivity index (χ0) is 16.6. The number of benzene rings is 1. The highest BCUT2D eigenvalue weighted by Crippen LogP contribution is 2.26. The molecule has 3 aromatic rings. The Morgan fingerprint density at radius 2 is 2.04 bits per heavy atom. The number of thioether (sulfide) groups is 1. The Kier molecular flexibility index (Phi) is 3.97. The van der Waals surface area contributed by atoms with E-state index < -0.39 is 0 Å². The summed E-state index contributed by atoms with van der Waals surface area (Å²) in [4.78, 5) is 15.9. The number of nitrogens with one attached hydrogen (secondary N) is 1. The quantitative estimate of drug-likeness (QED) is 0.587. The average molecular weight is 329 g/mol. The number of para-hydroxylation sites is 1. The van der Waals surface area contributed by atoms with Crippen LogP contribution in [0.4, 0.5) is 0 Å². The smallest absolute Gasteiger partial charge is 0.210 e. The van der Waals surface area contributed by atoms with Crippen LogP contribution >= 0.6 is 11.8 Å². The molecule has 0 amide bonds. The van der Waals surface area contributed by atoms with E-state index in [1.54, 1.807) is 4.68 Å². The van der Waals surface area contributed by atoms with Crippen molar-refractivity contribution in [2.45, 2.75) is 38.4 Å². The topological polar surface area (TPSA) is 76.5 Å². The Morgan fingerprint density at radius 3 is 2.78 bits per heavy atom. The van der Waals surface area contributed by atoms with Crippen LogP contribution in [-0.4, -0.2) is 36.7 Å². The van der Waals surface area contributed by atoms with E-state index in [0.717, 1.165) is 22.2 Å². The molecule has 2 aromatic heterocycles. The number of tetrazole rings is 1. The van der Waals surface area contributed by atoms with Crippen molar-refractivity contribution in [2.75, 3.05) is 5.75 Å². The molecule has 1 N–H and O–H groups in total. The molecule has 0 aliphatic rings. The molecule has 0 saturated carbocycles. The van der Waals surface area contributed by atoms with Crippen molar-refractivity contribution >= 4 is 28.4 Å². The van der Waals surface area contributed by atoms with Crippen LogP contribution in [0.1, 0.15) is 36.8 Å². The third kappa shape index (κ3) is 3.01. The Morgan fingerprint density at radius 1 is 1.30 bits per heavy atom. The summed E-state index contributed by atoms with van der Waals surface area (Å²) in [5.41, 5.74) is 2.42. The molecule has 120 valence electrons. The number of carbonyl (C=O) groups excluding carboxylic acids is 1. The van der Waals surface area contributed by atoms with Gasteiger partial charge in [-0.25, -0.2) is 4.68 Å². The third-order valence-electron chi connectivity index (χ3n) is 3.58. The Bertz CT molecular complexity index is 859. The molecule has 0 aliphatic carbocycles. The summed E-state index contributed by atoms with van der Waals surface area (Å²) < 4.78 is 1.74. The Labute approximate surface area is 138 Å². The third-order valence-corrected chi connectivity index (χ3v) is 4.50. The van der Waals surface area contributed by atoms with Gasteiger partial charge < -0.3 is 4.98 Å². The van der Waals surface area contributed by atoms with Crippen molar-refractivity contribution in [2.24, 2.45) is 0 Å². The van der Waals surface area contributed by atoms with Crippen LogP contribution in [0.15, 0.2) is 29.4 Å². The minimum Gasteiger partial charge on any atom is -0.358 e. The summed E-state index contributed by atoms with van der Waals surface area (Å²) in [6, 6.07) is 7.85. The number of aryl methyl sites for hydroxylation is 1. The molecule has 0 unspecified atom stereocenters. The van der Waals surface area contributed by atoms with Crippen LogP contribution in [0.3, 0.4) is 0 Å². The lowest BCUT2D eigenvalue weighted by atomic mass is 10.1. The fraction of sp³-hybridized carbons (Fsp3) is 0.375. The van der Waals surface area contributed by atoms with Gasteiger partial charge in [0.1, 0.15) is 0 Å². The molecule has 0 saturated heterocycles. The molecule has 0 bridgehead atoms. The summed E-state index contributed by atoms with van der Waals surface area (Å²) in [6.07, 6.45) is 0. The molecule has 0 spiro atoms. The van der Waals surface area contributed by atoms with Crippen LogP contribution in [-0.2, 0) is 5.54 Å². The molecular formula is C16H19N5OS. The van der Waals surface area contributed by atoms with E-state index in [9.17, 15) is 4.79 Å². The first-order valence-electron chi connectivity index (χ1n) is 7.40. The number of fused-ring (bicyclic) bond motifs is 1. The van der Waals surface area contributed by atoms with Gasteiger partial charge in [0.15, 0.2) is 5.78 Å². The Balaban J connectivity index is 1.83. The number of hydrogen-bond acceptors (Lipinski definition) is 5. The van der Waals surface area contributed by atoms with Crippen molar-refractivity contribution in [3.63, 3.8) is 0 Å². The molecule has 2 heterocycles. The molecule has 6 nitrogen and oxygen atoms in total. The summed E-state index contributed by atoms with van der Waals surface area (Å²) in [5.74, 6) is 0.382. The van der Waals surface area contributed by atoms with Gasteiger partial charge in [-0.1, -0.05) is 30.0 Å². The van der Waals surface area contributed by atoms with E-state index >= 15 is 0 Å². The lowest BCUT2D eigenvalue weighted by molar-refractivity contribution is 0.102. The number of Topliss-reactive ketones (excluding diaryl/α,β-unsaturated/α-hetero) is 1. The van der Waals surface area contributed by atoms with E-state index in [4.69, 9.17) is 0 Å². The van der Waals surface area contributed by atoms with E-state index in [1.807, 2.05) is 52.0 Å². The summed E-state index contributed by atoms with van der Waals surface area (Å²) >= 11 is 1.37. The molecule has 7 heteroatoms. The number of ketones is 1. The van der Waals surface area contributed by atoms with E-state index in [0.29, 0.717) is 10.9 Å². The highest BCUT2D eigenvalue weighted by atomic mass is 32.2. The van der Waals surface area contributed by atoms with Gasteiger partial charge in [-0.3, -0.25) is 4.79 Å². The van der Waals surface area contributed by atoms with E-state index in [2.05, 4.69) is 20.5 Å². The van der Waals surface area contributed by atoms with Gasteiger partial charge >= 0.3 is 0 Å². The van der Waals surface area contributed by atoms with E-state index in [1.165, 1.54) is 11.8 Å². The molecular weight excluding hydrogens is 310 g/mol. The SMILES string of the molecule is Cc1[nH]c2ccccc2c1C(=O)CSc1nnnn1C(C)(C)C. The minimum absolute atomic E-state index is 0.0772. The van der Waals surface area contributed by atoms with Gasteiger partial charge in [0, 0.05) is 22.2 Å². The predicted molar refractivity (Wildman–Crippen MR) is 90.9 cm³/mol. The first kappa shape index (κ1) is 15.7. The van der Waals surface area contributed by atoms with Crippen molar-refractivity contribution < 1.29 is 4.79 Å². The van der Waals surface area contributed by atoms with Crippen LogP contribution in [0.2, 0.25) is 0 Å². The molecule has 3 rings (SSSR count). The van der Waals surface area contributed by atoms with Crippen LogP contribution < -0.4 is 0 Å². The normalized spacial score (nSPS) is 12.0. The van der Waals surface area contributed by atoms with Crippen LogP contribution in [0, 0.1) is 6.92 Å². The lowest BCUT2D eigenvalue weighted by Crippen LogP contribution is -2.24. The fourth-order valence-corrected chi connectivity index (χ4v) is 3.46. The first-order chi connectivity index (χ1) is 10.9. The second kappa shape index (κ2) is 5.81. The largest absolute Gasteiger partial charge is 0.358 e. The van der Waals surface area contributed by atoms with Crippen LogP contribution in [0.5, 0.6) is 0 Å². The number of nitrogens with zero attached hydrogens (tertiary/aromatic N) is 4. The van der Waals surface area contributed by atoms with Gasteiger partial charge in [0.05, 0.1) is 11.3 Å². The number of aromatic amines is 1. The standard InChI is InChI=1S/C16H19N5OS/c1-10-14(11-7-5-6-8-12(11)17-10)13(22)9-23-15-18-19-20-21(15)16(2,3)4/h5-8,17H,9H2,1-4H3. The van der Waals surface area contributed by atoms with Crippen LogP contribution in [0.25, 0.3) is 10.9 Å². The van der Waals surface area contributed by atoms with Crippen molar-refractivity contribution in [3.05, 3.63) is 35.5 Å². The zero-order valence-corrected chi connectivity index (χ0v) is 14.4. The van der Waals surface area contributed by atoms with Gasteiger partial charge in [-0.15, -0.1) is 5.10 Å². The summed E-state index contributed by atoms with van der Waals surface area (Å²) in [5, 5.41) is 13.4. The lowest BCUT2D eigenvalue weighted by Gasteiger charge is -2.19. The number of rotatable bonds is 4. The maximum atomic E-state index is 12.7. The van der Waals surface area contributed by atoms with Crippen molar-refractivity contribution in [1.82, 2.24) is 25.2 Å². The second-order valence-electron chi connectivity index (χ2n) is 6.43. The first-order valence-corrected chi connectivity index (χ1v) is 8.38. The fourth-order valence-electron chi connectivity index (χ4n) is 2.53. The molecule has 0 fully saturated rings. The molecule has 0 radical (unpaired) electrons. The summed E-state index contributed by atoms with van der Waals surface area (Å²) in [7, 11) is 0. The summed E-state index contributed by atoms with van der Waals surface area (Å²) in [6.45, 7) is 8.01. The van der Waals surface area contributed by atoms with Gasteiger partial charge in [-0.2, -0.15) is 0 Å². The number of hydrogen-bond donors (Lipinski definition) is 1. The van der Waals surface area contributed by atoms with Crippen molar-refractivity contribution in [3.8, 4) is 0 Å². The average Bonchev–Trinajstić information content (AvgIpc) is 3.07. The minimum atomic E-state index is -0.217. The zero-order valence-electron chi connectivity index (χ0n) is 13.6. The van der Waals surface area contributed by atoms with Gasteiger partial charge in [0.25, 0.3) is 0 Å². The van der Waals surface area contributed by atoms with Gasteiger partial charge in [-0.05, 0) is 44.2 Å². The number of H-pyrrole nitrogens is 1.